The molecule has 47 nitrogen and oxygen atoms in total. The zero-order valence-electron chi connectivity index (χ0n) is 54.2. The summed E-state index contributed by atoms with van der Waals surface area (Å²) in [5.41, 5.74) is 0. The number of nitrogens with one attached hydrogen (secondary N) is 1. The quantitative estimate of drug-likeness (QED) is 0.0382. The molecule has 0 aromatic heterocycles. The van der Waals surface area contributed by atoms with E-state index in [1.165, 1.54) is 0 Å². The summed E-state index contributed by atoms with van der Waals surface area (Å²) in [4.78, 5) is 12.3. The van der Waals surface area contributed by atoms with Gasteiger partial charge in [0, 0.05) is 6.92 Å². The number of hydrogen-bond donors (Lipinski definition) is 29. The summed E-state index contributed by atoms with van der Waals surface area (Å²) in [6.07, 6.45) is -93.2. The van der Waals surface area contributed by atoms with Crippen LogP contribution in [-0.2, 0) is 85.3 Å². The van der Waals surface area contributed by atoms with E-state index >= 15 is 0 Å². The maximum absolute atomic E-state index is 12.4. The van der Waals surface area contributed by atoms with Crippen molar-refractivity contribution in [2.75, 3.05) is 59.5 Å². The Balaban J connectivity index is 1.03. The standard InChI is InChI=1S/C56H95NO46/c1-11(65)57-21-30(74)42(18(8-64)89-48(21)86)98-54-41(85)45(29(73)20(97-54)10-88-50-39(83)44(100-52-38(82)33(77)24(68)14(4-60)92-52)28(72)19(96-50)9-87-49-36(80)31(75)22(66)12(2-58)90-49)101-55-47(35(79)26(70)15(5-61)94-55)103-56-46(34(78)25(69)16(6-62)95-56)102-53-40(84)43(27(71)17(7-63)93-53)99-51-37(81)32(76)23(67)13(3-59)91-51/h12-56,58-64,66-86H,2-10H2,1H3,(H,57,65)/t12-,13-,14-,15-,16-,17-,18-,19-,20-,21-,22-,23-,24-,25-,26-,27-,28-,29-,30-,31+,32+,33+,34+,35+,36+,37-,38+,39+,40+,41+,42-,43+,44+,45+,46+,47+,48?,49+,50+,51-,52-,53-,54+,55-,56-/m1/s1. The van der Waals surface area contributed by atoms with Crippen LogP contribution in [0.2, 0.25) is 0 Å². The largest absolute Gasteiger partial charge is 0.394 e. The van der Waals surface area contributed by atoms with Gasteiger partial charge in [-0.1, -0.05) is 0 Å². The second kappa shape index (κ2) is 36.7. The number of carbonyl (C=O) groups is 1. The van der Waals surface area contributed by atoms with E-state index in [-0.39, 0.29) is 0 Å². The fraction of sp³-hybridized carbons (Fsp3) is 0.982. The van der Waals surface area contributed by atoms with Gasteiger partial charge in [0.2, 0.25) is 5.91 Å². The van der Waals surface area contributed by atoms with Gasteiger partial charge in [0.15, 0.2) is 56.6 Å². The molecule has 0 aromatic carbocycles. The van der Waals surface area contributed by atoms with E-state index < -0.39 is 342 Å². The van der Waals surface area contributed by atoms with E-state index in [9.17, 15) is 148 Å². The number of hydrogen-bond acceptors (Lipinski definition) is 46. The summed E-state index contributed by atoms with van der Waals surface area (Å²) in [6, 6.07) is -1.77. The van der Waals surface area contributed by atoms with Gasteiger partial charge in [-0.3, -0.25) is 4.79 Å². The number of rotatable bonds is 26. The minimum absolute atomic E-state index is 0.853. The Bertz CT molecular complexity index is 2580. The highest BCUT2D eigenvalue weighted by atomic mass is 16.8. The van der Waals surface area contributed by atoms with Crippen LogP contribution in [0.15, 0.2) is 0 Å². The monoisotopic (exact) mass is 1520 g/mol. The summed E-state index contributed by atoms with van der Waals surface area (Å²) in [6.45, 7) is -8.64. The Labute approximate surface area is 581 Å². The predicted octanol–water partition coefficient (Wildman–Crippen LogP) is -20.5. The Hall–Kier alpha value is -2.33. The highest BCUT2D eigenvalue weighted by Crippen LogP contribution is 2.39. The molecule has 9 fully saturated rings. The molecule has 47 heteroatoms. The molecular weight excluding hydrogens is 1420 g/mol. The Morgan fingerprint density at radius 1 is 0.252 bits per heavy atom. The number of aliphatic hydroxyl groups is 28. The van der Waals surface area contributed by atoms with Crippen LogP contribution in [0, 0.1) is 0 Å². The molecule has 0 radical (unpaired) electrons. The molecule has 29 N–H and O–H groups in total. The van der Waals surface area contributed by atoms with Gasteiger partial charge in [0.05, 0.1) is 59.5 Å². The van der Waals surface area contributed by atoms with Gasteiger partial charge in [-0.05, 0) is 0 Å². The Morgan fingerprint density at radius 3 is 0.883 bits per heavy atom. The summed E-state index contributed by atoms with van der Waals surface area (Å²) < 4.78 is 97.9. The van der Waals surface area contributed by atoms with Crippen molar-refractivity contribution >= 4 is 5.91 Å². The van der Waals surface area contributed by atoms with Crippen LogP contribution in [0.3, 0.4) is 0 Å². The summed E-state index contributed by atoms with van der Waals surface area (Å²) >= 11 is 0. The van der Waals surface area contributed by atoms with Crippen LogP contribution in [-0.4, -0.2) is 485 Å². The molecule has 9 rings (SSSR count). The lowest BCUT2D eigenvalue weighted by atomic mass is 9.94. The maximum Gasteiger partial charge on any atom is 0.217 e. The van der Waals surface area contributed by atoms with Crippen molar-refractivity contribution in [2.24, 2.45) is 0 Å². The fourth-order valence-corrected chi connectivity index (χ4v) is 13.1. The first-order valence-corrected chi connectivity index (χ1v) is 32.7. The number of ether oxygens (including phenoxy) is 17. The number of aliphatic hydroxyl groups excluding tert-OH is 28. The SMILES string of the molecule is CC(=O)N[C@H]1C(O)O[C@H](CO)[C@@H](O[C@@H]2O[C@H](CO[C@H]3O[C@H](CO[C@H]4O[C@H](CO)[C@@H](O)[C@H](O)[C@@H]4O)[C@@H](O)[C@H](O[C@H]4O[C@H](CO)[C@@H](O)[C@H](O)[C@@H]4O)[C@@H]3O)[C@@H](O)[C@H](O[C@H]3O[C@H](CO)[C@@H](O)[C@H](O)[C@@H]3O[C@H]3O[C@H](CO)[C@@H](O)[C@H](O)[C@@H]3O[C@H]3O[C@H](CO)[C@@H](O)[C@H](O[C@H]4O[C@H](CO)[C@@H](O)[C@H](O)[C@H]4O)[C@@H]3O)[C@@H]2O)[C@@H]1O. The first kappa shape index (κ1) is 84.7. The smallest absolute Gasteiger partial charge is 0.217 e. The van der Waals surface area contributed by atoms with Crippen molar-refractivity contribution < 1.29 is 228 Å². The molecule has 9 aliphatic heterocycles. The lowest BCUT2D eigenvalue weighted by Crippen LogP contribution is -2.69. The van der Waals surface area contributed by atoms with Gasteiger partial charge in [-0.2, -0.15) is 0 Å². The van der Waals surface area contributed by atoms with Crippen LogP contribution in [0.1, 0.15) is 6.92 Å². The van der Waals surface area contributed by atoms with Crippen molar-refractivity contribution in [3.63, 3.8) is 0 Å². The number of carbonyl (C=O) groups excluding carboxylic acids is 1. The van der Waals surface area contributed by atoms with Gasteiger partial charge < -0.3 is 229 Å². The molecule has 45 atom stereocenters. The first-order valence-electron chi connectivity index (χ1n) is 32.7. The minimum atomic E-state index is -2.52. The van der Waals surface area contributed by atoms with Gasteiger partial charge >= 0.3 is 0 Å². The van der Waals surface area contributed by atoms with Crippen molar-refractivity contribution in [3.8, 4) is 0 Å². The molecular formula is C56H95NO46. The van der Waals surface area contributed by atoms with Crippen LogP contribution < -0.4 is 5.32 Å². The average Bonchev–Trinajstić information content (AvgIpc) is 0.769. The normalized spacial score (nSPS) is 52.4. The molecule has 9 saturated heterocycles. The second-order valence-corrected chi connectivity index (χ2v) is 26.0. The third kappa shape index (κ3) is 18.0. The van der Waals surface area contributed by atoms with Crippen molar-refractivity contribution in [2.45, 2.75) is 283 Å². The second-order valence-electron chi connectivity index (χ2n) is 26.0. The highest BCUT2D eigenvalue weighted by Gasteiger charge is 2.60. The summed E-state index contributed by atoms with van der Waals surface area (Å²) in [5.74, 6) is -0.853. The number of amides is 1. The fourth-order valence-electron chi connectivity index (χ4n) is 13.1. The van der Waals surface area contributed by atoms with Crippen LogP contribution in [0.4, 0.5) is 0 Å². The van der Waals surface area contributed by atoms with Gasteiger partial charge in [0.1, 0.15) is 220 Å². The van der Waals surface area contributed by atoms with E-state index in [1.54, 1.807) is 0 Å². The molecule has 1 amide bonds. The topological polar surface area (TPSA) is 752 Å². The maximum atomic E-state index is 12.4. The Morgan fingerprint density at radius 2 is 0.505 bits per heavy atom. The predicted molar refractivity (Wildman–Crippen MR) is 309 cm³/mol. The zero-order chi connectivity index (χ0) is 75.6. The average molecular weight is 1520 g/mol. The van der Waals surface area contributed by atoms with Crippen LogP contribution >= 0.6 is 0 Å². The minimum Gasteiger partial charge on any atom is -0.394 e. The third-order valence-corrected chi connectivity index (χ3v) is 19.1. The molecule has 9 heterocycles. The van der Waals surface area contributed by atoms with Crippen LogP contribution in [0.25, 0.3) is 0 Å². The van der Waals surface area contributed by atoms with Gasteiger partial charge in [0.25, 0.3) is 0 Å². The van der Waals surface area contributed by atoms with Crippen molar-refractivity contribution in [3.05, 3.63) is 0 Å². The van der Waals surface area contributed by atoms with Gasteiger partial charge in [-0.15, -0.1) is 0 Å². The molecule has 9 aliphatic rings. The summed E-state index contributed by atoms with van der Waals surface area (Å²) in [5, 5.41) is 308. The van der Waals surface area contributed by atoms with E-state index in [0.717, 1.165) is 6.92 Å². The van der Waals surface area contributed by atoms with Crippen molar-refractivity contribution in [1.82, 2.24) is 5.32 Å². The van der Waals surface area contributed by atoms with E-state index in [2.05, 4.69) is 5.32 Å². The summed E-state index contributed by atoms with van der Waals surface area (Å²) in [7, 11) is 0. The van der Waals surface area contributed by atoms with E-state index in [1.807, 2.05) is 0 Å². The zero-order valence-corrected chi connectivity index (χ0v) is 54.2. The molecule has 103 heavy (non-hydrogen) atoms. The molecule has 0 spiro atoms. The molecule has 0 saturated carbocycles. The molecule has 1 unspecified atom stereocenters. The third-order valence-electron chi connectivity index (χ3n) is 19.1. The lowest BCUT2D eigenvalue weighted by molar-refractivity contribution is -0.410. The molecule has 600 valence electrons. The molecule has 0 aliphatic carbocycles. The van der Waals surface area contributed by atoms with E-state index in [0.29, 0.717) is 0 Å². The van der Waals surface area contributed by atoms with Crippen LogP contribution in [0.5, 0.6) is 0 Å². The Kier molecular flexibility index (Phi) is 30.2. The van der Waals surface area contributed by atoms with E-state index in [4.69, 9.17) is 80.5 Å². The molecule has 0 aromatic rings. The lowest BCUT2D eigenvalue weighted by Gasteiger charge is -2.50. The van der Waals surface area contributed by atoms with Gasteiger partial charge in [-0.25, -0.2) is 0 Å². The highest BCUT2D eigenvalue weighted by molar-refractivity contribution is 5.73. The molecule has 0 bridgehead atoms. The first-order chi connectivity index (χ1) is 48.8. The van der Waals surface area contributed by atoms with Crippen molar-refractivity contribution in [1.29, 1.82) is 0 Å².